The average Bonchev–Trinajstić information content (AvgIpc) is 2.37. The smallest absolute Gasteiger partial charge is 0.254 e. The number of amides is 1. The van der Waals surface area contributed by atoms with Gasteiger partial charge in [-0.25, -0.2) is 0 Å². The van der Waals surface area contributed by atoms with E-state index >= 15 is 0 Å². The van der Waals surface area contributed by atoms with Crippen molar-refractivity contribution < 1.29 is 4.79 Å². The first kappa shape index (κ1) is 16.2. The van der Waals surface area contributed by atoms with Crippen LogP contribution in [0.25, 0.3) is 0 Å². The maximum absolute atomic E-state index is 12.4. The molecule has 1 rings (SSSR count). The van der Waals surface area contributed by atoms with Crippen molar-refractivity contribution in [3.63, 3.8) is 0 Å². The minimum absolute atomic E-state index is 0.0338. The van der Waals surface area contributed by atoms with Crippen molar-refractivity contribution in [3.8, 4) is 0 Å². The number of nitrogens with two attached hydrogens (primary N) is 1. The highest BCUT2D eigenvalue weighted by Gasteiger charge is 2.16. The molecule has 1 aromatic rings. The molecule has 2 N–H and O–H groups in total. The first-order valence-electron chi connectivity index (χ1n) is 6.60. The van der Waals surface area contributed by atoms with Crippen LogP contribution < -0.4 is 5.73 Å². The molecule has 106 valence electrons. The Hall–Kier alpha value is -0.870. The summed E-state index contributed by atoms with van der Waals surface area (Å²) in [5.41, 5.74) is 7.80. The molecule has 0 saturated carbocycles. The van der Waals surface area contributed by atoms with Gasteiger partial charge in [0, 0.05) is 24.1 Å². The summed E-state index contributed by atoms with van der Waals surface area (Å²) < 4.78 is 0.836. The molecule has 0 fully saturated rings. The molecule has 1 unspecified atom stereocenters. The highest BCUT2D eigenvalue weighted by molar-refractivity contribution is 9.10. The van der Waals surface area contributed by atoms with Crippen LogP contribution in [0, 0.1) is 12.8 Å². The zero-order valence-electron chi connectivity index (χ0n) is 12.1. The van der Waals surface area contributed by atoms with Crippen LogP contribution in [0.2, 0.25) is 0 Å². The van der Waals surface area contributed by atoms with E-state index in [0.29, 0.717) is 18.0 Å². The van der Waals surface area contributed by atoms with Crippen molar-refractivity contribution in [2.75, 3.05) is 13.6 Å². The molecule has 1 amide bonds. The third-order valence-corrected chi connectivity index (χ3v) is 4.04. The topological polar surface area (TPSA) is 46.3 Å². The molecule has 1 aromatic carbocycles. The van der Waals surface area contributed by atoms with Crippen molar-refractivity contribution in [2.45, 2.75) is 33.2 Å². The molecule has 0 spiro atoms. The predicted molar refractivity (Wildman–Crippen MR) is 83.3 cm³/mol. The summed E-state index contributed by atoms with van der Waals surface area (Å²) in [6.45, 7) is 6.86. The Balaban J connectivity index is 2.69. The first-order chi connectivity index (χ1) is 8.82. The van der Waals surface area contributed by atoms with Crippen molar-refractivity contribution in [1.82, 2.24) is 4.90 Å². The third kappa shape index (κ3) is 4.62. The van der Waals surface area contributed by atoms with Gasteiger partial charge < -0.3 is 10.6 Å². The maximum atomic E-state index is 12.4. The molecule has 0 aliphatic carbocycles. The van der Waals surface area contributed by atoms with Crippen LogP contribution in [-0.2, 0) is 0 Å². The minimum Gasteiger partial charge on any atom is -0.342 e. The van der Waals surface area contributed by atoms with E-state index in [-0.39, 0.29) is 11.9 Å². The zero-order chi connectivity index (χ0) is 14.6. The molecule has 0 heterocycles. The largest absolute Gasteiger partial charge is 0.342 e. The lowest BCUT2D eigenvalue weighted by Gasteiger charge is -2.22. The van der Waals surface area contributed by atoms with Crippen LogP contribution >= 0.6 is 15.9 Å². The predicted octanol–water partition coefficient (Wildman–Crippen LogP) is 3.20. The van der Waals surface area contributed by atoms with Gasteiger partial charge in [0.25, 0.3) is 5.91 Å². The molecule has 3 nitrogen and oxygen atoms in total. The minimum atomic E-state index is 0.0338. The van der Waals surface area contributed by atoms with Crippen LogP contribution in [0.15, 0.2) is 22.7 Å². The van der Waals surface area contributed by atoms with Crippen molar-refractivity contribution >= 4 is 21.8 Å². The van der Waals surface area contributed by atoms with Crippen LogP contribution in [-0.4, -0.2) is 30.4 Å². The molecule has 0 aliphatic heterocycles. The number of halogens is 1. The second-order valence-corrected chi connectivity index (χ2v) is 6.26. The lowest BCUT2D eigenvalue weighted by atomic mass is 10.0. The SMILES string of the molecule is Cc1ccc(Br)c(C(=O)N(C)CCC(N)C(C)C)c1. The Kier molecular flexibility index (Phi) is 6.01. The van der Waals surface area contributed by atoms with Crippen molar-refractivity contribution in [3.05, 3.63) is 33.8 Å². The molecule has 1 atom stereocenters. The maximum Gasteiger partial charge on any atom is 0.254 e. The Morgan fingerprint density at radius 3 is 2.63 bits per heavy atom. The fourth-order valence-corrected chi connectivity index (χ4v) is 2.20. The average molecular weight is 327 g/mol. The van der Waals surface area contributed by atoms with E-state index in [1.807, 2.05) is 32.2 Å². The first-order valence-corrected chi connectivity index (χ1v) is 7.39. The van der Waals surface area contributed by atoms with E-state index < -0.39 is 0 Å². The fourth-order valence-electron chi connectivity index (χ4n) is 1.79. The molecule has 0 aliphatic rings. The van der Waals surface area contributed by atoms with E-state index in [2.05, 4.69) is 29.8 Å². The number of hydrogen-bond acceptors (Lipinski definition) is 2. The molecule has 19 heavy (non-hydrogen) atoms. The number of rotatable bonds is 5. The van der Waals surface area contributed by atoms with Crippen molar-refractivity contribution in [2.24, 2.45) is 11.7 Å². The van der Waals surface area contributed by atoms with Gasteiger partial charge in [0.15, 0.2) is 0 Å². The van der Waals surface area contributed by atoms with Gasteiger partial charge in [-0.15, -0.1) is 0 Å². The Morgan fingerprint density at radius 1 is 1.42 bits per heavy atom. The van der Waals surface area contributed by atoms with Crippen molar-refractivity contribution in [1.29, 1.82) is 0 Å². The number of hydrogen-bond donors (Lipinski definition) is 1. The summed E-state index contributed by atoms with van der Waals surface area (Å²) in [6, 6.07) is 5.94. The van der Waals surface area contributed by atoms with Gasteiger partial charge >= 0.3 is 0 Å². The van der Waals surface area contributed by atoms with Crippen LogP contribution in [0.4, 0.5) is 0 Å². The third-order valence-electron chi connectivity index (χ3n) is 3.35. The highest BCUT2D eigenvalue weighted by atomic mass is 79.9. The van der Waals surface area contributed by atoms with Gasteiger partial charge in [-0.3, -0.25) is 4.79 Å². The number of carbonyl (C=O) groups excluding carboxylic acids is 1. The van der Waals surface area contributed by atoms with Gasteiger partial charge in [-0.2, -0.15) is 0 Å². The zero-order valence-corrected chi connectivity index (χ0v) is 13.7. The van der Waals surface area contributed by atoms with E-state index in [9.17, 15) is 4.79 Å². The van der Waals surface area contributed by atoms with E-state index in [1.165, 1.54) is 0 Å². The molecule has 4 heteroatoms. The lowest BCUT2D eigenvalue weighted by molar-refractivity contribution is 0.0788. The monoisotopic (exact) mass is 326 g/mol. The normalized spacial score (nSPS) is 12.6. The molecular formula is C15H23BrN2O. The van der Waals surface area contributed by atoms with Gasteiger partial charge in [-0.05, 0) is 47.3 Å². The Bertz CT molecular complexity index is 446. The van der Waals surface area contributed by atoms with E-state index in [4.69, 9.17) is 5.73 Å². The van der Waals surface area contributed by atoms with Gasteiger partial charge in [0.1, 0.15) is 0 Å². The second kappa shape index (κ2) is 7.06. The number of aryl methyl sites for hydroxylation is 1. The number of carbonyl (C=O) groups is 1. The molecule has 0 aromatic heterocycles. The summed E-state index contributed by atoms with van der Waals surface area (Å²) in [7, 11) is 1.82. The van der Waals surface area contributed by atoms with Crippen LogP contribution in [0.1, 0.15) is 36.2 Å². The quantitative estimate of drug-likeness (QED) is 0.903. The lowest BCUT2D eigenvalue weighted by Crippen LogP contribution is -2.34. The highest BCUT2D eigenvalue weighted by Crippen LogP contribution is 2.19. The summed E-state index contributed by atoms with van der Waals surface area (Å²) >= 11 is 3.43. The van der Waals surface area contributed by atoms with Crippen LogP contribution in [0.3, 0.4) is 0 Å². The molecule has 0 bridgehead atoms. The number of benzene rings is 1. The number of nitrogens with zero attached hydrogens (tertiary/aromatic N) is 1. The summed E-state index contributed by atoms with van der Waals surface area (Å²) in [5, 5.41) is 0. The molecule has 0 saturated heterocycles. The summed E-state index contributed by atoms with van der Waals surface area (Å²) in [5.74, 6) is 0.473. The molecular weight excluding hydrogens is 304 g/mol. The standard InChI is InChI=1S/C15H23BrN2O/c1-10(2)14(17)7-8-18(4)15(19)12-9-11(3)5-6-13(12)16/h5-6,9-10,14H,7-8,17H2,1-4H3. The Labute approximate surface area is 124 Å². The molecule has 0 radical (unpaired) electrons. The second-order valence-electron chi connectivity index (χ2n) is 5.41. The van der Waals surface area contributed by atoms with Gasteiger partial charge in [0.05, 0.1) is 5.56 Å². The fraction of sp³-hybridized carbons (Fsp3) is 0.533. The summed E-state index contributed by atoms with van der Waals surface area (Å²) in [6.07, 6.45) is 0.823. The Morgan fingerprint density at radius 2 is 2.05 bits per heavy atom. The summed E-state index contributed by atoms with van der Waals surface area (Å²) in [4.78, 5) is 14.1. The van der Waals surface area contributed by atoms with Crippen LogP contribution in [0.5, 0.6) is 0 Å². The van der Waals surface area contributed by atoms with E-state index in [0.717, 1.165) is 16.5 Å². The van der Waals surface area contributed by atoms with Gasteiger partial charge in [0.2, 0.25) is 0 Å². The van der Waals surface area contributed by atoms with Gasteiger partial charge in [-0.1, -0.05) is 25.5 Å². The van der Waals surface area contributed by atoms with E-state index in [1.54, 1.807) is 4.90 Å².